The number of rotatable bonds is 6. The third-order valence-electron chi connectivity index (χ3n) is 5.54. The Labute approximate surface area is 195 Å². The molecule has 1 heterocycles. The molecule has 0 saturated carbocycles. The van der Waals surface area contributed by atoms with Crippen molar-refractivity contribution in [1.82, 2.24) is 5.32 Å². The third-order valence-corrected chi connectivity index (χ3v) is 6.04. The number of urea groups is 1. The van der Waals surface area contributed by atoms with Crippen LogP contribution in [0.5, 0.6) is 0 Å². The zero-order valence-corrected chi connectivity index (χ0v) is 19.2. The van der Waals surface area contributed by atoms with Gasteiger partial charge in [-0.2, -0.15) is 0 Å². The van der Waals surface area contributed by atoms with E-state index < -0.39 is 17.7 Å². The van der Waals surface area contributed by atoms with E-state index in [1.165, 1.54) is 5.56 Å². The Morgan fingerprint density at radius 1 is 1.09 bits per heavy atom. The molecule has 1 aliphatic rings. The van der Waals surface area contributed by atoms with Gasteiger partial charge in [-0.25, -0.2) is 4.79 Å². The number of hydrogen-bond acceptors (Lipinski definition) is 3. The number of carbonyl (C=O) groups is 2. The minimum Gasteiger partial charge on any atom is -0.359 e. The van der Waals surface area contributed by atoms with E-state index in [4.69, 9.17) is 0 Å². The summed E-state index contributed by atoms with van der Waals surface area (Å²) in [5, 5.41) is 17.6. The van der Waals surface area contributed by atoms with Gasteiger partial charge in [-0.15, -0.1) is 0 Å². The third kappa shape index (κ3) is 4.26. The predicted octanol–water partition coefficient (Wildman–Crippen LogP) is 4.78. The van der Waals surface area contributed by atoms with Crippen molar-refractivity contribution in [2.24, 2.45) is 0 Å². The van der Waals surface area contributed by atoms with Gasteiger partial charge >= 0.3 is 6.03 Å². The van der Waals surface area contributed by atoms with Crippen LogP contribution in [0.4, 0.5) is 16.2 Å². The molecule has 6 nitrogen and oxygen atoms in total. The normalized spacial score (nSPS) is 18.5. The molecule has 0 bridgehead atoms. The average Bonchev–Trinajstić information content (AvgIpc) is 2.79. The fourth-order valence-electron chi connectivity index (χ4n) is 3.88. The number of amides is 3. The maximum atomic E-state index is 13.5. The highest BCUT2D eigenvalue weighted by Crippen LogP contribution is 2.41. The van der Waals surface area contributed by atoms with E-state index in [1.54, 1.807) is 48.5 Å². The number of para-hydroxylation sites is 1. The van der Waals surface area contributed by atoms with Gasteiger partial charge in [-0.3, -0.25) is 9.69 Å². The lowest BCUT2D eigenvalue weighted by molar-refractivity contribution is -0.141. The van der Waals surface area contributed by atoms with Gasteiger partial charge in [0.05, 0.1) is 5.69 Å². The van der Waals surface area contributed by atoms with Gasteiger partial charge in [0.25, 0.3) is 11.6 Å². The zero-order valence-electron chi connectivity index (χ0n) is 17.6. The molecule has 3 aromatic rings. The highest BCUT2D eigenvalue weighted by Gasteiger charge is 2.52. The SMILES string of the molecule is C[C@H](CCc1ccccc1)NC(=O)[C@@]1(O)c2cc(Br)ccc2NC(=O)N1c1ccccc1. The molecular weight excluding hydrogens is 470 g/mol. The van der Waals surface area contributed by atoms with E-state index in [1.807, 2.05) is 37.3 Å². The van der Waals surface area contributed by atoms with Crippen molar-refractivity contribution in [1.29, 1.82) is 0 Å². The summed E-state index contributed by atoms with van der Waals surface area (Å²) in [6.07, 6.45) is 1.47. The Morgan fingerprint density at radius 2 is 1.75 bits per heavy atom. The first-order valence-electron chi connectivity index (χ1n) is 10.4. The van der Waals surface area contributed by atoms with E-state index >= 15 is 0 Å². The molecule has 3 N–H and O–H groups in total. The minimum absolute atomic E-state index is 0.218. The van der Waals surface area contributed by atoms with Crippen LogP contribution in [-0.2, 0) is 16.9 Å². The van der Waals surface area contributed by atoms with Gasteiger partial charge < -0.3 is 15.7 Å². The number of carbonyl (C=O) groups excluding carboxylic acids is 2. The molecule has 32 heavy (non-hydrogen) atoms. The molecule has 0 fully saturated rings. The fourth-order valence-corrected chi connectivity index (χ4v) is 4.24. The smallest absolute Gasteiger partial charge is 0.329 e. The summed E-state index contributed by atoms with van der Waals surface area (Å²) >= 11 is 3.41. The van der Waals surface area contributed by atoms with E-state index in [0.717, 1.165) is 11.3 Å². The highest BCUT2D eigenvalue weighted by molar-refractivity contribution is 9.10. The number of aryl methyl sites for hydroxylation is 1. The van der Waals surface area contributed by atoms with Crippen molar-refractivity contribution in [3.8, 4) is 0 Å². The number of benzene rings is 3. The summed E-state index contributed by atoms with van der Waals surface area (Å²) in [5.74, 6) is -0.656. The Kier molecular flexibility index (Phi) is 6.30. The van der Waals surface area contributed by atoms with Gasteiger partial charge in [0, 0.05) is 21.8 Å². The first-order valence-corrected chi connectivity index (χ1v) is 11.2. The van der Waals surface area contributed by atoms with Crippen LogP contribution in [-0.4, -0.2) is 23.1 Å². The zero-order chi connectivity index (χ0) is 22.7. The number of nitrogens with one attached hydrogen (secondary N) is 2. The van der Waals surface area contributed by atoms with Crippen LogP contribution in [0.15, 0.2) is 83.3 Å². The molecule has 0 saturated heterocycles. The molecule has 0 aromatic heterocycles. The molecule has 0 radical (unpaired) electrons. The van der Waals surface area contributed by atoms with Crippen LogP contribution < -0.4 is 15.5 Å². The molecule has 2 atom stereocenters. The van der Waals surface area contributed by atoms with Gasteiger partial charge in [0.1, 0.15) is 0 Å². The number of hydrogen-bond donors (Lipinski definition) is 3. The van der Waals surface area contributed by atoms with Crippen LogP contribution in [0.1, 0.15) is 24.5 Å². The molecule has 0 unspecified atom stereocenters. The maximum absolute atomic E-state index is 13.5. The van der Waals surface area contributed by atoms with Gasteiger partial charge in [-0.1, -0.05) is 64.5 Å². The van der Waals surface area contributed by atoms with E-state index in [0.29, 0.717) is 27.8 Å². The molecule has 1 aliphatic heterocycles. The lowest BCUT2D eigenvalue weighted by Crippen LogP contribution is -2.63. The van der Waals surface area contributed by atoms with Gasteiger partial charge in [0.15, 0.2) is 0 Å². The second kappa shape index (κ2) is 9.14. The van der Waals surface area contributed by atoms with Crippen LogP contribution in [0.2, 0.25) is 0 Å². The summed E-state index contributed by atoms with van der Waals surface area (Å²) in [5.41, 5.74) is 0.0434. The Hall–Kier alpha value is -3.16. The lowest BCUT2D eigenvalue weighted by atomic mass is 9.94. The summed E-state index contributed by atoms with van der Waals surface area (Å²) in [4.78, 5) is 27.7. The van der Waals surface area contributed by atoms with Crippen molar-refractivity contribution in [3.63, 3.8) is 0 Å². The first kappa shape index (κ1) is 22.0. The molecule has 164 valence electrons. The van der Waals surface area contributed by atoms with E-state index in [2.05, 4.69) is 26.6 Å². The van der Waals surface area contributed by atoms with Crippen molar-refractivity contribution in [2.45, 2.75) is 31.5 Å². The highest BCUT2D eigenvalue weighted by atomic mass is 79.9. The molecule has 4 rings (SSSR count). The van der Waals surface area contributed by atoms with E-state index in [9.17, 15) is 14.7 Å². The van der Waals surface area contributed by atoms with Crippen molar-refractivity contribution in [3.05, 3.63) is 94.5 Å². The first-order chi connectivity index (χ1) is 15.4. The largest absolute Gasteiger partial charge is 0.359 e. The topological polar surface area (TPSA) is 81.7 Å². The average molecular weight is 494 g/mol. The Morgan fingerprint density at radius 3 is 2.44 bits per heavy atom. The fraction of sp³-hybridized carbons (Fsp3) is 0.200. The summed E-state index contributed by atoms with van der Waals surface area (Å²) < 4.78 is 0.684. The molecule has 7 heteroatoms. The van der Waals surface area contributed by atoms with Crippen LogP contribution in [0, 0.1) is 0 Å². The maximum Gasteiger partial charge on any atom is 0.329 e. The number of nitrogens with zero attached hydrogens (tertiary/aromatic N) is 1. The molecule has 0 aliphatic carbocycles. The van der Waals surface area contributed by atoms with Gasteiger partial charge in [0.2, 0.25) is 0 Å². The van der Waals surface area contributed by atoms with Crippen LogP contribution in [0.25, 0.3) is 0 Å². The summed E-state index contributed by atoms with van der Waals surface area (Å²) in [6.45, 7) is 1.89. The summed E-state index contributed by atoms with van der Waals surface area (Å²) in [7, 11) is 0. The quantitative estimate of drug-likeness (QED) is 0.461. The van der Waals surface area contributed by atoms with E-state index in [-0.39, 0.29) is 6.04 Å². The van der Waals surface area contributed by atoms with Crippen molar-refractivity contribution < 1.29 is 14.7 Å². The Balaban J connectivity index is 1.66. The number of anilines is 2. The standard InChI is InChI=1S/C25H24BrN3O3/c1-17(12-13-18-8-4-2-5-9-18)27-23(30)25(32)21-16-19(26)14-15-22(21)28-24(31)29(25)20-10-6-3-7-11-20/h2-11,14-17,32H,12-13H2,1H3,(H,27,30)(H,28,31)/t17-,25+/m1/s1. The summed E-state index contributed by atoms with van der Waals surface area (Å²) in [6, 6.07) is 22.9. The lowest BCUT2D eigenvalue weighted by Gasteiger charge is -2.43. The molecule has 3 amide bonds. The van der Waals surface area contributed by atoms with Crippen molar-refractivity contribution >= 4 is 39.2 Å². The minimum atomic E-state index is -2.22. The van der Waals surface area contributed by atoms with Crippen LogP contribution >= 0.6 is 15.9 Å². The molecule has 0 spiro atoms. The second-order valence-corrected chi connectivity index (χ2v) is 8.78. The molecule has 3 aromatic carbocycles. The number of halogens is 1. The number of fused-ring (bicyclic) bond motifs is 1. The number of aliphatic hydroxyl groups is 1. The monoisotopic (exact) mass is 493 g/mol. The van der Waals surface area contributed by atoms with Gasteiger partial charge in [-0.05, 0) is 55.7 Å². The van der Waals surface area contributed by atoms with Crippen LogP contribution in [0.3, 0.4) is 0 Å². The second-order valence-electron chi connectivity index (χ2n) is 7.86. The predicted molar refractivity (Wildman–Crippen MR) is 128 cm³/mol. The van der Waals surface area contributed by atoms with Crippen molar-refractivity contribution in [2.75, 3.05) is 10.2 Å². The molecular formula is C25H24BrN3O3. The Bertz CT molecular complexity index is 1120.